The fourth-order valence-electron chi connectivity index (χ4n) is 2.88. The third kappa shape index (κ3) is 2.73. The molecule has 0 atom stereocenters. The number of hydrogen-bond donors (Lipinski definition) is 0. The molecule has 0 fully saturated rings. The molecule has 0 aliphatic heterocycles. The van der Waals surface area contributed by atoms with Gasteiger partial charge in [-0.3, -0.25) is 4.79 Å². The van der Waals surface area contributed by atoms with Crippen molar-refractivity contribution < 1.29 is 4.79 Å². The summed E-state index contributed by atoms with van der Waals surface area (Å²) in [6, 6.07) is 20.4. The maximum Gasteiger partial charge on any atom is 0.162 e. The minimum Gasteiger partial charge on any atom is -0.346 e. The van der Waals surface area contributed by atoms with Crippen LogP contribution >= 0.6 is 0 Å². The van der Waals surface area contributed by atoms with Crippen molar-refractivity contribution in [2.45, 2.75) is 20.4 Å². The molecule has 22 heavy (non-hydrogen) atoms. The molecule has 110 valence electrons. The van der Waals surface area contributed by atoms with Gasteiger partial charge < -0.3 is 4.57 Å². The second kappa shape index (κ2) is 6.02. The first-order chi connectivity index (χ1) is 10.7. The standard InChI is InChI=1S/C20H19NO/c1-15-20(16(2)22)19(18-11-7-4-8-12-18)14-21(15)13-17-9-5-3-6-10-17/h3-12,14H,13H2,1-2H3. The van der Waals surface area contributed by atoms with E-state index in [-0.39, 0.29) is 5.78 Å². The molecule has 0 aliphatic carbocycles. The first-order valence-electron chi connectivity index (χ1n) is 7.47. The van der Waals surface area contributed by atoms with Crippen molar-refractivity contribution in [2.24, 2.45) is 0 Å². The first kappa shape index (κ1) is 14.3. The minimum atomic E-state index is 0.114. The molecule has 0 unspecified atom stereocenters. The second-order valence-electron chi connectivity index (χ2n) is 5.54. The van der Waals surface area contributed by atoms with Crippen molar-refractivity contribution in [1.82, 2.24) is 4.57 Å². The molecule has 0 saturated heterocycles. The Morgan fingerprint density at radius 1 is 0.955 bits per heavy atom. The first-order valence-corrected chi connectivity index (χ1v) is 7.47. The fraction of sp³-hybridized carbons (Fsp3) is 0.150. The van der Waals surface area contributed by atoms with E-state index in [0.717, 1.165) is 28.9 Å². The van der Waals surface area contributed by atoms with Gasteiger partial charge in [0, 0.05) is 29.6 Å². The van der Waals surface area contributed by atoms with Crippen LogP contribution in [-0.4, -0.2) is 10.4 Å². The van der Waals surface area contributed by atoms with Crippen LogP contribution in [0.1, 0.15) is 28.5 Å². The van der Waals surface area contributed by atoms with E-state index in [4.69, 9.17) is 0 Å². The normalized spacial score (nSPS) is 10.6. The Morgan fingerprint density at radius 3 is 2.14 bits per heavy atom. The molecular weight excluding hydrogens is 270 g/mol. The Labute approximate surface area is 131 Å². The van der Waals surface area contributed by atoms with Crippen molar-refractivity contribution in [3.8, 4) is 11.1 Å². The highest BCUT2D eigenvalue weighted by Crippen LogP contribution is 2.29. The van der Waals surface area contributed by atoms with Crippen LogP contribution < -0.4 is 0 Å². The molecule has 0 amide bonds. The summed E-state index contributed by atoms with van der Waals surface area (Å²) in [5.41, 5.74) is 5.18. The molecule has 2 heteroatoms. The number of ketones is 1. The highest BCUT2D eigenvalue weighted by Gasteiger charge is 2.17. The minimum absolute atomic E-state index is 0.114. The Bertz CT molecular complexity index is 785. The van der Waals surface area contributed by atoms with Crippen molar-refractivity contribution in [3.63, 3.8) is 0 Å². The van der Waals surface area contributed by atoms with E-state index in [1.165, 1.54) is 5.56 Å². The van der Waals surface area contributed by atoms with Crippen LogP contribution in [-0.2, 0) is 6.54 Å². The third-order valence-corrected chi connectivity index (χ3v) is 3.98. The summed E-state index contributed by atoms with van der Waals surface area (Å²) in [7, 11) is 0. The van der Waals surface area contributed by atoms with E-state index in [1.54, 1.807) is 6.92 Å². The van der Waals surface area contributed by atoms with Gasteiger partial charge in [0.15, 0.2) is 5.78 Å². The van der Waals surface area contributed by atoms with Crippen LogP contribution in [0.5, 0.6) is 0 Å². The number of carbonyl (C=O) groups is 1. The summed E-state index contributed by atoms with van der Waals surface area (Å²) in [6.07, 6.45) is 2.09. The second-order valence-corrected chi connectivity index (χ2v) is 5.54. The third-order valence-electron chi connectivity index (χ3n) is 3.98. The van der Waals surface area contributed by atoms with Gasteiger partial charge in [0.25, 0.3) is 0 Å². The van der Waals surface area contributed by atoms with Crippen molar-refractivity contribution in [1.29, 1.82) is 0 Å². The largest absolute Gasteiger partial charge is 0.346 e. The number of aromatic nitrogens is 1. The number of benzene rings is 2. The van der Waals surface area contributed by atoms with Gasteiger partial charge in [-0.1, -0.05) is 60.7 Å². The molecule has 2 nitrogen and oxygen atoms in total. The molecule has 0 saturated carbocycles. The lowest BCUT2D eigenvalue weighted by Crippen LogP contribution is -2.02. The summed E-state index contributed by atoms with van der Waals surface area (Å²) < 4.78 is 2.16. The Hall–Kier alpha value is -2.61. The monoisotopic (exact) mass is 289 g/mol. The zero-order chi connectivity index (χ0) is 15.5. The average molecular weight is 289 g/mol. The molecular formula is C20H19NO. The van der Waals surface area contributed by atoms with Crippen molar-refractivity contribution >= 4 is 5.78 Å². The fourth-order valence-corrected chi connectivity index (χ4v) is 2.88. The van der Waals surface area contributed by atoms with Gasteiger partial charge in [0.2, 0.25) is 0 Å². The summed E-state index contributed by atoms with van der Waals surface area (Å²) in [4.78, 5) is 12.1. The Kier molecular flexibility index (Phi) is 3.92. The van der Waals surface area contributed by atoms with Crippen molar-refractivity contribution in [2.75, 3.05) is 0 Å². The molecule has 0 bridgehead atoms. The van der Waals surface area contributed by atoms with Gasteiger partial charge in [-0.25, -0.2) is 0 Å². The van der Waals surface area contributed by atoms with Gasteiger partial charge in [-0.15, -0.1) is 0 Å². The van der Waals surface area contributed by atoms with Gasteiger partial charge in [0.05, 0.1) is 0 Å². The van der Waals surface area contributed by atoms with Crippen molar-refractivity contribution in [3.05, 3.63) is 83.7 Å². The van der Waals surface area contributed by atoms with E-state index in [2.05, 4.69) is 22.9 Å². The average Bonchev–Trinajstić information content (AvgIpc) is 2.86. The molecule has 0 spiro atoms. The van der Waals surface area contributed by atoms with Gasteiger partial charge in [-0.05, 0) is 25.0 Å². The lowest BCUT2D eigenvalue weighted by Gasteiger charge is -2.06. The predicted octanol–water partition coefficient (Wildman–Crippen LogP) is 4.71. The molecule has 3 aromatic rings. The van der Waals surface area contributed by atoms with Gasteiger partial charge in [-0.2, -0.15) is 0 Å². The topological polar surface area (TPSA) is 22.0 Å². The van der Waals surface area contributed by atoms with Crippen LogP contribution in [0, 0.1) is 6.92 Å². The van der Waals surface area contributed by atoms with Gasteiger partial charge >= 0.3 is 0 Å². The van der Waals surface area contributed by atoms with E-state index in [1.807, 2.05) is 55.5 Å². The summed E-state index contributed by atoms with van der Waals surface area (Å²) >= 11 is 0. The number of hydrogen-bond acceptors (Lipinski definition) is 1. The highest BCUT2D eigenvalue weighted by atomic mass is 16.1. The van der Waals surface area contributed by atoms with Crippen LogP contribution in [0.25, 0.3) is 11.1 Å². The Balaban J connectivity index is 2.08. The summed E-state index contributed by atoms with van der Waals surface area (Å²) in [5, 5.41) is 0. The van der Waals surface area contributed by atoms with Gasteiger partial charge in [0.1, 0.15) is 0 Å². The van der Waals surface area contributed by atoms with E-state index >= 15 is 0 Å². The van der Waals surface area contributed by atoms with Crippen LogP contribution in [0.3, 0.4) is 0 Å². The maximum atomic E-state index is 12.1. The molecule has 0 radical (unpaired) electrons. The zero-order valence-electron chi connectivity index (χ0n) is 12.9. The summed E-state index contributed by atoms with van der Waals surface area (Å²) in [5.74, 6) is 0.114. The van der Waals surface area contributed by atoms with E-state index < -0.39 is 0 Å². The molecule has 1 heterocycles. The smallest absolute Gasteiger partial charge is 0.162 e. The lowest BCUT2D eigenvalue weighted by atomic mass is 10.0. The molecule has 3 rings (SSSR count). The van der Waals surface area contributed by atoms with Crippen LogP contribution in [0.4, 0.5) is 0 Å². The van der Waals surface area contributed by atoms with E-state index in [9.17, 15) is 4.79 Å². The number of Topliss-reactive ketones (excluding diaryl/α,β-unsaturated/α-hetero) is 1. The van der Waals surface area contributed by atoms with Crippen LogP contribution in [0.15, 0.2) is 66.9 Å². The zero-order valence-corrected chi connectivity index (χ0v) is 12.9. The lowest BCUT2D eigenvalue weighted by molar-refractivity contribution is 0.101. The molecule has 1 aromatic heterocycles. The number of nitrogens with zero attached hydrogens (tertiary/aromatic N) is 1. The maximum absolute atomic E-state index is 12.1. The molecule has 2 aromatic carbocycles. The summed E-state index contributed by atoms with van der Waals surface area (Å²) in [6.45, 7) is 4.44. The number of carbonyl (C=O) groups excluding carboxylic acids is 1. The van der Waals surface area contributed by atoms with Crippen LogP contribution in [0.2, 0.25) is 0 Å². The Morgan fingerprint density at radius 2 is 1.55 bits per heavy atom. The predicted molar refractivity (Wildman–Crippen MR) is 90.2 cm³/mol. The molecule has 0 aliphatic rings. The molecule has 0 N–H and O–H groups in total. The SMILES string of the molecule is CC(=O)c1c(-c2ccccc2)cn(Cc2ccccc2)c1C. The quantitative estimate of drug-likeness (QED) is 0.637. The number of rotatable bonds is 4. The highest BCUT2D eigenvalue weighted by molar-refractivity contribution is 6.02. The van der Waals surface area contributed by atoms with E-state index in [0.29, 0.717) is 0 Å².